The van der Waals surface area contributed by atoms with Gasteiger partial charge < -0.3 is 9.72 Å². The van der Waals surface area contributed by atoms with Gasteiger partial charge in [-0.1, -0.05) is 18.2 Å². The minimum atomic E-state index is -4.45. The summed E-state index contributed by atoms with van der Waals surface area (Å²) >= 11 is 0. The zero-order valence-electron chi connectivity index (χ0n) is 16.2. The maximum Gasteiger partial charge on any atom is 0.416 e. The zero-order chi connectivity index (χ0) is 22.2. The highest BCUT2D eigenvalue weighted by Crippen LogP contribution is 2.39. The molecule has 0 unspecified atom stereocenters. The van der Waals surface area contributed by atoms with E-state index in [1.54, 1.807) is 6.20 Å². The number of aromatic nitrogens is 1. The van der Waals surface area contributed by atoms with Crippen LogP contribution in [0, 0.1) is 0 Å². The Balaban J connectivity index is 1.83. The highest BCUT2D eigenvalue weighted by Gasteiger charge is 2.30. The number of para-hydroxylation sites is 1. The monoisotopic (exact) mass is 446 g/mol. The van der Waals surface area contributed by atoms with Crippen molar-refractivity contribution in [2.75, 3.05) is 7.05 Å². The number of hydrogen-bond donors (Lipinski definition) is 2. The number of fused-ring (bicyclic) bond motifs is 1. The Bertz CT molecular complexity index is 1340. The molecule has 4 rings (SSSR count). The highest BCUT2D eigenvalue weighted by molar-refractivity contribution is 7.89. The van der Waals surface area contributed by atoms with E-state index in [4.69, 9.17) is 4.74 Å². The minimum Gasteiger partial charge on any atom is -0.457 e. The third-order valence-electron chi connectivity index (χ3n) is 4.82. The summed E-state index contributed by atoms with van der Waals surface area (Å²) in [5, 5.41) is 0.917. The fourth-order valence-electron chi connectivity index (χ4n) is 3.24. The van der Waals surface area contributed by atoms with Gasteiger partial charge in [-0.25, -0.2) is 13.1 Å². The van der Waals surface area contributed by atoms with Crippen molar-refractivity contribution >= 4 is 20.9 Å². The molecule has 160 valence electrons. The van der Waals surface area contributed by atoms with Gasteiger partial charge in [0.1, 0.15) is 11.5 Å². The normalized spacial score (nSPS) is 12.3. The summed E-state index contributed by atoms with van der Waals surface area (Å²) in [6, 6.07) is 16.1. The Morgan fingerprint density at radius 2 is 1.68 bits per heavy atom. The molecule has 3 aromatic carbocycles. The van der Waals surface area contributed by atoms with Crippen molar-refractivity contribution in [2.45, 2.75) is 11.1 Å². The number of alkyl halides is 3. The Hall–Kier alpha value is -3.30. The third kappa shape index (κ3) is 4.14. The molecule has 2 N–H and O–H groups in total. The second kappa shape index (κ2) is 7.75. The van der Waals surface area contributed by atoms with Crippen LogP contribution in [0.2, 0.25) is 0 Å². The summed E-state index contributed by atoms with van der Waals surface area (Å²) in [5.74, 6) is 0.494. The van der Waals surface area contributed by atoms with Gasteiger partial charge in [0.15, 0.2) is 0 Å². The molecule has 0 radical (unpaired) electrons. The maximum absolute atomic E-state index is 12.8. The van der Waals surface area contributed by atoms with E-state index in [2.05, 4.69) is 9.71 Å². The van der Waals surface area contributed by atoms with Crippen molar-refractivity contribution in [1.82, 2.24) is 9.71 Å². The van der Waals surface area contributed by atoms with Gasteiger partial charge in [0, 0.05) is 17.3 Å². The Labute approximate surface area is 176 Å². The first-order valence-electron chi connectivity index (χ1n) is 9.18. The van der Waals surface area contributed by atoms with Gasteiger partial charge >= 0.3 is 6.18 Å². The Morgan fingerprint density at radius 3 is 2.35 bits per heavy atom. The molecule has 0 aliphatic heterocycles. The van der Waals surface area contributed by atoms with Crippen LogP contribution in [0.25, 0.3) is 22.0 Å². The fourth-order valence-corrected chi connectivity index (χ4v) is 4.00. The largest absolute Gasteiger partial charge is 0.457 e. The number of ether oxygens (including phenoxy) is 1. The summed E-state index contributed by atoms with van der Waals surface area (Å²) in [6.45, 7) is 0. The van der Waals surface area contributed by atoms with Crippen molar-refractivity contribution in [1.29, 1.82) is 0 Å². The average molecular weight is 446 g/mol. The fraction of sp³-hybridized carbons (Fsp3) is 0.0909. The van der Waals surface area contributed by atoms with E-state index < -0.39 is 21.8 Å². The van der Waals surface area contributed by atoms with E-state index in [-0.39, 0.29) is 10.6 Å². The molecule has 1 aromatic heterocycles. The first kappa shape index (κ1) is 21.0. The molecule has 0 amide bonds. The molecule has 0 atom stereocenters. The SMILES string of the molecule is CNS(=O)(=O)c1ccc(Oc2ccc(C(F)(F)F)cc2)c(-c2cccc3cc[nH]c23)c1. The average Bonchev–Trinajstić information content (AvgIpc) is 3.23. The molecular formula is C22H17F3N2O3S. The lowest BCUT2D eigenvalue weighted by Crippen LogP contribution is -2.18. The van der Waals surface area contributed by atoms with Crippen LogP contribution in [0.1, 0.15) is 5.56 Å². The molecule has 0 spiro atoms. The Morgan fingerprint density at radius 1 is 0.935 bits per heavy atom. The van der Waals surface area contributed by atoms with Crippen LogP contribution in [-0.2, 0) is 16.2 Å². The molecule has 0 aliphatic carbocycles. The quantitative estimate of drug-likeness (QED) is 0.422. The lowest BCUT2D eigenvalue weighted by Gasteiger charge is -2.15. The number of rotatable bonds is 5. The van der Waals surface area contributed by atoms with Crippen molar-refractivity contribution in [3.8, 4) is 22.6 Å². The predicted octanol–water partition coefficient (Wildman–Crippen LogP) is 5.55. The molecule has 0 saturated carbocycles. The molecule has 4 aromatic rings. The van der Waals surface area contributed by atoms with Crippen molar-refractivity contribution in [2.24, 2.45) is 0 Å². The molecule has 5 nitrogen and oxygen atoms in total. The lowest BCUT2D eigenvalue weighted by atomic mass is 10.0. The van der Waals surface area contributed by atoms with Crippen LogP contribution < -0.4 is 9.46 Å². The van der Waals surface area contributed by atoms with Gasteiger partial charge in [0.2, 0.25) is 10.0 Å². The third-order valence-corrected chi connectivity index (χ3v) is 6.23. The second-order valence-corrected chi connectivity index (χ2v) is 8.62. The standard InChI is InChI=1S/C22H17F3N2O3S/c1-26-31(28,29)17-9-10-20(30-16-7-5-15(6-8-16)22(23,24)25)19(13-17)18-4-2-3-14-11-12-27-21(14)18/h2-13,26-27H,1H3. The van der Waals surface area contributed by atoms with Gasteiger partial charge in [0.05, 0.1) is 16.0 Å². The number of hydrogen-bond acceptors (Lipinski definition) is 3. The van der Waals surface area contributed by atoms with Gasteiger partial charge in [-0.3, -0.25) is 0 Å². The lowest BCUT2D eigenvalue weighted by molar-refractivity contribution is -0.137. The van der Waals surface area contributed by atoms with E-state index >= 15 is 0 Å². The van der Waals surface area contributed by atoms with Crippen molar-refractivity contribution in [3.05, 3.63) is 78.5 Å². The minimum absolute atomic E-state index is 0.0355. The summed E-state index contributed by atoms with van der Waals surface area (Å²) < 4.78 is 71.3. The van der Waals surface area contributed by atoms with Crippen molar-refractivity contribution in [3.63, 3.8) is 0 Å². The summed E-state index contributed by atoms with van der Waals surface area (Å²) in [4.78, 5) is 3.16. The van der Waals surface area contributed by atoms with Gasteiger partial charge in [-0.05, 0) is 61.0 Å². The molecule has 1 heterocycles. The van der Waals surface area contributed by atoms with Gasteiger partial charge in [0.25, 0.3) is 0 Å². The van der Waals surface area contributed by atoms with Gasteiger partial charge in [-0.2, -0.15) is 13.2 Å². The predicted molar refractivity (Wildman–Crippen MR) is 111 cm³/mol. The highest BCUT2D eigenvalue weighted by atomic mass is 32.2. The Kier molecular flexibility index (Phi) is 5.24. The van der Waals surface area contributed by atoms with E-state index in [9.17, 15) is 21.6 Å². The number of benzene rings is 3. The second-order valence-electron chi connectivity index (χ2n) is 6.74. The van der Waals surface area contributed by atoms with E-state index in [0.29, 0.717) is 16.9 Å². The topological polar surface area (TPSA) is 71.2 Å². The first-order valence-corrected chi connectivity index (χ1v) is 10.7. The van der Waals surface area contributed by atoms with Crippen molar-refractivity contribution < 1.29 is 26.3 Å². The van der Waals surface area contributed by atoms with E-state index in [0.717, 1.165) is 23.0 Å². The molecule has 9 heteroatoms. The van der Waals surface area contributed by atoms with Crippen LogP contribution in [0.4, 0.5) is 13.2 Å². The summed E-state index contributed by atoms with van der Waals surface area (Å²) in [5.41, 5.74) is 1.16. The van der Waals surface area contributed by atoms with Crippen LogP contribution in [-0.4, -0.2) is 20.4 Å². The van der Waals surface area contributed by atoms with Gasteiger partial charge in [-0.15, -0.1) is 0 Å². The molecule has 31 heavy (non-hydrogen) atoms. The summed E-state index contributed by atoms with van der Waals surface area (Å²) in [6.07, 6.45) is -2.69. The van der Waals surface area contributed by atoms with E-state index in [1.165, 1.54) is 37.4 Å². The molecule has 0 saturated heterocycles. The summed E-state index contributed by atoms with van der Waals surface area (Å²) in [7, 11) is -2.41. The van der Waals surface area contributed by atoms with Crippen LogP contribution in [0.15, 0.2) is 77.8 Å². The number of halogens is 3. The number of aromatic amines is 1. The van der Waals surface area contributed by atoms with Crippen LogP contribution in [0.5, 0.6) is 11.5 Å². The number of nitrogens with one attached hydrogen (secondary N) is 2. The first-order chi connectivity index (χ1) is 14.7. The van der Waals surface area contributed by atoms with Crippen LogP contribution >= 0.6 is 0 Å². The maximum atomic E-state index is 12.8. The molecule has 0 bridgehead atoms. The van der Waals surface area contributed by atoms with Crippen LogP contribution in [0.3, 0.4) is 0 Å². The number of sulfonamides is 1. The molecule has 0 aliphatic rings. The zero-order valence-corrected chi connectivity index (χ0v) is 17.0. The number of H-pyrrole nitrogens is 1. The molecular weight excluding hydrogens is 429 g/mol. The smallest absolute Gasteiger partial charge is 0.416 e. The molecule has 0 fully saturated rings. The van der Waals surface area contributed by atoms with E-state index in [1.807, 2.05) is 24.3 Å².